The molecule has 1 aromatic heterocycles. The van der Waals surface area contributed by atoms with Crippen molar-refractivity contribution in [3.05, 3.63) is 90.5 Å². The Hall–Kier alpha value is -2.47. The maximum Gasteiger partial charge on any atom is 0.214 e. The molecule has 0 aliphatic carbocycles. The number of ether oxygens (including phenoxy) is 3. The molecule has 1 aliphatic rings. The second-order valence-corrected chi connectivity index (χ2v) is 6.41. The summed E-state index contributed by atoms with van der Waals surface area (Å²) in [6, 6.07) is 20.2. The van der Waals surface area contributed by atoms with E-state index in [1.807, 2.05) is 59.3 Å². The highest BCUT2D eigenvalue weighted by Gasteiger charge is 2.43. The van der Waals surface area contributed by atoms with E-state index in [0.29, 0.717) is 26.4 Å². The van der Waals surface area contributed by atoms with Gasteiger partial charge < -0.3 is 18.8 Å². The predicted octanol–water partition coefficient (Wildman–Crippen LogP) is 3.37. The average Bonchev–Trinajstić information content (AvgIpc) is 3.35. The summed E-state index contributed by atoms with van der Waals surface area (Å²) in [5.74, 6) is -0.817. The van der Waals surface area contributed by atoms with Crippen molar-refractivity contribution < 1.29 is 14.2 Å². The van der Waals surface area contributed by atoms with Crippen molar-refractivity contribution in [1.82, 2.24) is 9.55 Å². The van der Waals surface area contributed by atoms with Crippen LogP contribution < -0.4 is 0 Å². The number of nitrogens with zero attached hydrogens (tertiary/aromatic N) is 2. The van der Waals surface area contributed by atoms with Gasteiger partial charge in [0.25, 0.3) is 0 Å². The molecule has 26 heavy (non-hydrogen) atoms. The zero-order valence-corrected chi connectivity index (χ0v) is 14.5. The summed E-state index contributed by atoms with van der Waals surface area (Å²) in [4.78, 5) is 4.12. The topological polar surface area (TPSA) is 45.5 Å². The van der Waals surface area contributed by atoms with E-state index in [2.05, 4.69) is 17.1 Å². The highest BCUT2D eigenvalue weighted by molar-refractivity contribution is 5.21. The molecule has 0 amide bonds. The smallest absolute Gasteiger partial charge is 0.214 e. The van der Waals surface area contributed by atoms with Crippen LogP contribution in [0.2, 0.25) is 0 Å². The first-order valence-corrected chi connectivity index (χ1v) is 8.79. The molecule has 1 fully saturated rings. The zero-order chi connectivity index (χ0) is 17.7. The van der Waals surface area contributed by atoms with Crippen LogP contribution in [0.15, 0.2) is 79.4 Å². The maximum atomic E-state index is 6.35. The number of imidazole rings is 1. The first-order valence-electron chi connectivity index (χ1n) is 8.79. The molecule has 4 rings (SSSR count). The Balaban J connectivity index is 1.43. The summed E-state index contributed by atoms with van der Waals surface area (Å²) in [7, 11) is 0. The van der Waals surface area contributed by atoms with Gasteiger partial charge in [-0.2, -0.15) is 0 Å². The Morgan fingerprint density at radius 1 is 1.08 bits per heavy atom. The van der Waals surface area contributed by atoms with Crippen molar-refractivity contribution in [2.75, 3.05) is 13.2 Å². The lowest BCUT2D eigenvalue weighted by molar-refractivity contribution is -0.191. The van der Waals surface area contributed by atoms with Crippen molar-refractivity contribution in [2.45, 2.75) is 25.0 Å². The first-order chi connectivity index (χ1) is 12.8. The van der Waals surface area contributed by atoms with Gasteiger partial charge in [-0.1, -0.05) is 60.7 Å². The van der Waals surface area contributed by atoms with Crippen LogP contribution in [0, 0.1) is 0 Å². The highest BCUT2D eigenvalue weighted by atomic mass is 16.8. The summed E-state index contributed by atoms with van der Waals surface area (Å²) in [6.07, 6.45) is 5.34. The Kier molecular flexibility index (Phi) is 5.11. The van der Waals surface area contributed by atoms with Crippen molar-refractivity contribution in [1.29, 1.82) is 0 Å². The van der Waals surface area contributed by atoms with Gasteiger partial charge >= 0.3 is 0 Å². The fourth-order valence-electron chi connectivity index (χ4n) is 3.17. The number of hydrogen-bond donors (Lipinski definition) is 0. The molecule has 134 valence electrons. The third-order valence-electron chi connectivity index (χ3n) is 4.44. The molecule has 1 saturated heterocycles. The van der Waals surface area contributed by atoms with Crippen LogP contribution in [0.3, 0.4) is 0 Å². The molecule has 2 heterocycles. The summed E-state index contributed by atoms with van der Waals surface area (Å²) < 4.78 is 20.3. The molecule has 5 nitrogen and oxygen atoms in total. The summed E-state index contributed by atoms with van der Waals surface area (Å²) >= 11 is 0. The minimum Gasteiger partial charge on any atom is -0.374 e. The fraction of sp³-hybridized carbons (Fsp3) is 0.286. The van der Waals surface area contributed by atoms with E-state index in [9.17, 15) is 0 Å². The minimum absolute atomic E-state index is 0.109. The molecule has 0 N–H and O–H groups in total. The van der Waals surface area contributed by atoms with Crippen LogP contribution in [-0.4, -0.2) is 28.9 Å². The lowest BCUT2D eigenvalue weighted by atomic mass is 10.1. The number of hydrogen-bond acceptors (Lipinski definition) is 4. The Bertz CT molecular complexity index is 793. The summed E-state index contributed by atoms with van der Waals surface area (Å²) in [6.45, 7) is 2.11. The molecule has 2 atom stereocenters. The fourth-order valence-corrected chi connectivity index (χ4v) is 3.17. The molecule has 0 bridgehead atoms. The van der Waals surface area contributed by atoms with Crippen LogP contribution in [0.25, 0.3) is 0 Å². The van der Waals surface area contributed by atoms with Crippen LogP contribution >= 0.6 is 0 Å². The average molecular weight is 350 g/mol. The lowest BCUT2D eigenvalue weighted by Gasteiger charge is -2.29. The number of aromatic nitrogens is 2. The van der Waals surface area contributed by atoms with E-state index in [0.717, 1.165) is 11.1 Å². The molecule has 0 spiro atoms. The van der Waals surface area contributed by atoms with Gasteiger partial charge in [0, 0.05) is 18.0 Å². The normalized spacial score (nSPS) is 22.5. The third-order valence-corrected chi connectivity index (χ3v) is 4.44. The molecular weight excluding hydrogens is 328 g/mol. The van der Waals surface area contributed by atoms with Crippen molar-refractivity contribution in [3.8, 4) is 0 Å². The third kappa shape index (κ3) is 3.85. The quantitative estimate of drug-likeness (QED) is 0.655. The SMILES string of the molecule is c1ccc(COC[C@H]2COC(Cn3ccnc3)(c3ccccc3)O2)cc1. The van der Waals surface area contributed by atoms with E-state index in [1.165, 1.54) is 0 Å². The minimum atomic E-state index is -0.817. The Morgan fingerprint density at radius 2 is 1.85 bits per heavy atom. The zero-order valence-electron chi connectivity index (χ0n) is 14.5. The molecule has 3 aromatic rings. The first kappa shape index (κ1) is 17.0. The van der Waals surface area contributed by atoms with E-state index in [4.69, 9.17) is 14.2 Å². The van der Waals surface area contributed by atoms with Gasteiger partial charge in [-0.15, -0.1) is 0 Å². The van der Waals surface area contributed by atoms with E-state index in [1.54, 1.807) is 12.5 Å². The van der Waals surface area contributed by atoms with Gasteiger partial charge in [0.05, 0.1) is 32.7 Å². The van der Waals surface area contributed by atoms with Crippen molar-refractivity contribution >= 4 is 0 Å². The van der Waals surface area contributed by atoms with Crippen LogP contribution in [-0.2, 0) is 33.1 Å². The largest absolute Gasteiger partial charge is 0.374 e. The van der Waals surface area contributed by atoms with Crippen LogP contribution in [0.4, 0.5) is 0 Å². The van der Waals surface area contributed by atoms with Gasteiger partial charge in [0.2, 0.25) is 5.79 Å². The molecule has 2 aromatic carbocycles. The van der Waals surface area contributed by atoms with Gasteiger partial charge in [-0.05, 0) is 5.56 Å². The van der Waals surface area contributed by atoms with Crippen molar-refractivity contribution in [3.63, 3.8) is 0 Å². The van der Waals surface area contributed by atoms with Crippen molar-refractivity contribution in [2.24, 2.45) is 0 Å². The van der Waals surface area contributed by atoms with Gasteiger partial charge in [0.15, 0.2) is 0 Å². The lowest BCUT2D eigenvalue weighted by Crippen LogP contribution is -2.34. The molecule has 5 heteroatoms. The Morgan fingerprint density at radius 3 is 2.58 bits per heavy atom. The second kappa shape index (κ2) is 7.83. The monoisotopic (exact) mass is 350 g/mol. The molecule has 1 unspecified atom stereocenters. The molecule has 0 radical (unpaired) electrons. The highest BCUT2D eigenvalue weighted by Crippen LogP contribution is 2.36. The maximum absolute atomic E-state index is 6.35. The second-order valence-electron chi connectivity index (χ2n) is 6.41. The van der Waals surface area contributed by atoms with Crippen LogP contribution in [0.5, 0.6) is 0 Å². The van der Waals surface area contributed by atoms with Crippen LogP contribution in [0.1, 0.15) is 11.1 Å². The predicted molar refractivity (Wildman–Crippen MR) is 97.3 cm³/mol. The standard InChI is InChI=1S/C21H22N2O3/c1-3-7-18(8-4-1)13-24-14-20-15-25-21(26-20,16-23-12-11-22-17-23)19-9-5-2-6-10-19/h1-12,17,20H,13-16H2/t20-,21?/m0/s1. The van der Waals surface area contributed by atoms with E-state index in [-0.39, 0.29) is 6.10 Å². The number of benzene rings is 2. The van der Waals surface area contributed by atoms with E-state index < -0.39 is 5.79 Å². The van der Waals surface area contributed by atoms with Gasteiger partial charge in [-0.25, -0.2) is 4.98 Å². The molecule has 0 saturated carbocycles. The summed E-state index contributed by atoms with van der Waals surface area (Å²) in [5, 5.41) is 0. The van der Waals surface area contributed by atoms with Gasteiger partial charge in [0.1, 0.15) is 6.10 Å². The van der Waals surface area contributed by atoms with Gasteiger partial charge in [-0.3, -0.25) is 0 Å². The number of rotatable bonds is 7. The Labute approximate surface area is 153 Å². The summed E-state index contributed by atoms with van der Waals surface area (Å²) in [5.41, 5.74) is 2.15. The van der Waals surface area contributed by atoms with E-state index >= 15 is 0 Å². The molecular formula is C21H22N2O3. The molecule has 1 aliphatic heterocycles.